The molecular weight excluding hydrogens is 256 g/mol. The van der Waals surface area contributed by atoms with Crippen LogP contribution in [0.4, 0.5) is 17.8 Å². The van der Waals surface area contributed by atoms with E-state index in [0.29, 0.717) is 24.4 Å². The number of hydrogen-bond donors (Lipinski definition) is 2. The van der Waals surface area contributed by atoms with Crippen molar-refractivity contribution in [2.75, 3.05) is 35.7 Å². The van der Waals surface area contributed by atoms with Crippen LogP contribution in [-0.2, 0) is 6.54 Å². The highest BCUT2D eigenvalue weighted by atomic mass is 16.3. The average Bonchev–Trinajstić information content (AvgIpc) is 2.99. The Morgan fingerprint density at radius 2 is 1.90 bits per heavy atom. The Morgan fingerprint density at radius 3 is 2.50 bits per heavy atom. The van der Waals surface area contributed by atoms with E-state index in [1.807, 2.05) is 12.1 Å². The number of aromatic nitrogens is 3. The molecule has 0 aliphatic heterocycles. The molecule has 2 N–H and O–H groups in total. The summed E-state index contributed by atoms with van der Waals surface area (Å²) in [6.45, 7) is 6.38. The second-order valence-corrected chi connectivity index (χ2v) is 4.14. The zero-order valence-corrected chi connectivity index (χ0v) is 12.1. The van der Waals surface area contributed by atoms with Gasteiger partial charge in [0.2, 0.25) is 17.8 Å². The van der Waals surface area contributed by atoms with Crippen molar-refractivity contribution in [2.45, 2.75) is 20.4 Å². The molecular formula is C13H20N6O. The zero-order chi connectivity index (χ0) is 14.4. The lowest BCUT2D eigenvalue weighted by Crippen LogP contribution is -2.25. The lowest BCUT2D eigenvalue weighted by atomic mass is 10.4. The van der Waals surface area contributed by atoms with Crippen molar-refractivity contribution < 1.29 is 4.42 Å². The third kappa shape index (κ3) is 3.37. The van der Waals surface area contributed by atoms with Crippen LogP contribution in [0.25, 0.3) is 0 Å². The molecule has 2 aromatic heterocycles. The van der Waals surface area contributed by atoms with Crippen molar-refractivity contribution in [3.8, 4) is 0 Å². The topological polar surface area (TPSA) is 79.1 Å². The zero-order valence-electron chi connectivity index (χ0n) is 12.1. The molecule has 0 bridgehead atoms. The minimum atomic E-state index is 0.530. The fourth-order valence-corrected chi connectivity index (χ4v) is 1.78. The summed E-state index contributed by atoms with van der Waals surface area (Å²) in [5, 5.41) is 6.09. The van der Waals surface area contributed by atoms with Gasteiger partial charge in [-0.05, 0) is 26.0 Å². The van der Waals surface area contributed by atoms with Crippen LogP contribution < -0.4 is 15.5 Å². The summed E-state index contributed by atoms with van der Waals surface area (Å²) in [7, 11) is 1.79. The van der Waals surface area contributed by atoms with Gasteiger partial charge in [0.25, 0.3) is 0 Å². The summed E-state index contributed by atoms with van der Waals surface area (Å²) in [5.74, 6) is 2.57. The van der Waals surface area contributed by atoms with Gasteiger partial charge in [-0.2, -0.15) is 15.0 Å². The van der Waals surface area contributed by atoms with Crippen molar-refractivity contribution in [2.24, 2.45) is 0 Å². The van der Waals surface area contributed by atoms with Crippen LogP contribution >= 0.6 is 0 Å². The molecule has 0 saturated carbocycles. The Morgan fingerprint density at radius 1 is 1.15 bits per heavy atom. The molecule has 0 unspecified atom stereocenters. The van der Waals surface area contributed by atoms with Crippen LogP contribution in [0.3, 0.4) is 0 Å². The number of nitrogens with zero attached hydrogens (tertiary/aromatic N) is 4. The fraction of sp³-hybridized carbons (Fsp3) is 0.462. The van der Waals surface area contributed by atoms with Gasteiger partial charge in [0, 0.05) is 20.1 Å². The summed E-state index contributed by atoms with van der Waals surface area (Å²) >= 11 is 0. The van der Waals surface area contributed by atoms with Gasteiger partial charge in [-0.1, -0.05) is 0 Å². The van der Waals surface area contributed by atoms with Gasteiger partial charge < -0.3 is 20.0 Å². The van der Waals surface area contributed by atoms with Gasteiger partial charge in [-0.15, -0.1) is 0 Å². The fourth-order valence-electron chi connectivity index (χ4n) is 1.78. The molecule has 0 saturated heterocycles. The maximum Gasteiger partial charge on any atom is 0.231 e. The molecule has 2 aromatic rings. The Labute approximate surface area is 118 Å². The van der Waals surface area contributed by atoms with E-state index in [9.17, 15) is 0 Å². The molecule has 2 heterocycles. The molecule has 108 valence electrons. The van der Waals surface area contributed by atoms with E-state index in [1.54, 1.807) is 13.3 Å². The quantitative estimate of drug-likeness (QED) is 0.800. The highest BCUT2D eigenvalue weighted by molar-refractivity contribution is 5.43. The van der Waals surface area contributed by atoms with Crippen LogP contribution in [0, 0.1) is 0 Å². The number of nitrogens with one attached hydrogen (secondary N) is 2. The highest BCUT2D eigenvalue weighted by Crippen LogP contribution is 2.14. The summed E-state index contributed by atoms with van der Waals surface area (Å²) in [6, 6.07) is 3.75. The highest BCUT2D eigenvalue weighted by Gasteiger charge is 2.10. The predicted molar refractivity (Wildman–Crippen MR) is 79.0 cm³/mol. The maximum atomic E-state index is 5.27. The third-order valence-corrected chi connectivity index (χ3v) is 2.89. The lowest BCUT2D eigenvalue weighted by Gasteiger charge is -2.19. The van der Waals surface area contributed by atoms with Crippen LogP contribution in [0.5, 0.6) is 0 Å². The van der Waals surface area contributed by atoms with Gasteiger partial charge in [0.15, 0.2) is 0 Å². The van der Waals surface area contributed by atoms with Gasteiger partial charge >= 0.3 is 0 Å². The smallest absolute Gasteiger partial charge is 0.231 e. The normalized spacial score (nSPS) is 10.3. The van der Waals surface area contributed by atoms with E-state index in [2.05, 4.69) is 44.3 Å². The van der Waals surface area contributed by atoms with Crippen molar-refractivity contribution in [3.05, 3.63) is 24.2 Å². The first-order valence-electron chi connectivity index (χ1n) is 6.71. The molecule has 0 aliphatic rings. The van der Waals surface area contributed by atoms with E-state index < -0.39 is 0 Å². The summed E-state index contributed by atoms with van der Waals surface area (Å²) in [6.07, 6.45) is 1.64. The SMILES string of the molecule is CCN(CC)c1nc(NC)nc(NCc2ccco2)n1. The van der Waals surface area contributed by atoms with Crippen molar-refractivity contribution >= 4 is 17.8 Å². The third-order valence-electron chi connectivity index (χ3n) is 2.89. The number of furan rings is 1. The second kappa shape index (κ2) is 6.74. The monoisotopic (exact) mass is 276 g/mol. The van der Waals surface area contributed by atoms with Crippen molar-refractivity contribution in [1.29, 1.82) is 0 Å². The molecule has 2 rings (SSSR count). The van der Waals surface area contributed by atoms with Gasteiger partial charge in [-0.3, -0.25) is 0 Å². The van der Waals surface area contributed by atoms with Crippen LogP contribution in [0.2, 0.25) is 0 Å². The van der Waals surface area contributed by atoms with Crippen molar-refractivity contribution in [3.63, 3.8) is 0 Å². The first-order valence-corrected chi connectivity index (χ1v) is 6.71. The minimum absolute atomic E-state index is 0.530. The van der Waals surface area contributed by atoms with Crippen LogP contribution in [0.1, 0.15) is 19.6 Å². The predicted octanol–water partition coefficient (Wildman–Crippen LogP) is 1.96. The summed E-state index contributed by atoms with van der Waals surface area (Å²) in [5.41, 5.74) is 0. The van der Waals surface area contributed by atoms with Crippen molar-refractivity contribution in [1.82, 2.24) is 15.0 Å². The van der Waals surface area contributed by atoms with E-state index in [4.69, 9.17) is 4.42 Å². The lowest BCUT2D eigenvalue weighted by molar-refractivity contribution is 0.517. The summed E-state index contributed by atoms with van der Waals surface area (Å²) in [4.78, 5) is 15.2. The first-order chi connectivity index (χ1) is 9.76. The molecule has 0 radical (unpaired) electrons. The van der Waals surface area contributed by atoms with Crippen LogP contribution in [0.15, 0.2) is 22.8 Å². The Bertz CT molecular complexity index is 524. The molecule has 0 aromatic carbocycles. The standard InChI is InChI=1S/C13H20N6O/c1-4-19(5-2)13-17-11(14-3)16-12(18-13)15-9-10-7-6-8-20-10/h6-8H,4-5,9H2,1-3H3,(H2,14,15,16,17,18). The van der Waals surface area contributed by atoms with E-state index in [0.717, 1.165) is 18.8 Å². The largest absolute Gasteiger partial charge is 0.467 e. The number of rotatable bonds is 7. The summed E-state index contributed by atoms with van der Waals surface area (Å²) < 4.78 is 5.27. The molecule has 0 aliphatic carbocycles. The van der Waals surface area contributed by atoms with Gasteiger partial charge in [-0.25, -0.2) is 0 Å². The molecule has 0 amide bonds. The first kappa shape index (κ1) is 14.1. The molecule has 7 nitrogen and oxygen atoms in total. The molecule has 0 atom stereocenters. The second-order valence-electron chi connectivity index (χ2n) is 4.14. The Hall–Kier alpha value is -2.31. The Balaban J connectivity index is 2.16. The van der Waals surface area contributed by atoms with E-state index >= 15 is 0 Å². The minimum Gasteiger partial charge on any atom is -0.467 e. The van der Waals surface area contributed by atoms with Crippen LogP contribution in [-0.4, -0.2) is 35.1 Å². The molecule has 7 heteroatoms. The number of anilines is 3. The van der Waals surface area contributed by atoms with E-state index in [-0.39, 0.29) is 0 Å². The maximum absolute atomic E-state index is 5.27. The van der Waals surface area contributed by atoms with Gasteiger partial charge in [0.05, 0.1) is 12.8 Å². The van der Waals surface area contributed by atoms with E-state index in [1.165, 1.54) is 0 Å². The Kier molecular flexibility index (Phi) is 4.75. The number of hydrogen-bond acceptors (Lipinski definition) is 7. The molecule has 0 spiro atoms. The van der Waals surface area contributed by atoms with Gasteiger partial charge in [0.1, 0.15) is 5.76 Å². The molecule has 0 fully saturated rings. The molecule has 20 heavy (non-hydrogen) atoms. The average molecular weight is 276 g/mol.